The lowest BCUT2D eigenvalue weighted by atomic mass is 9.94. The maximum absolute atomic E-state index is 11.6. The average molecular weight is 253 g/mol. The van der Waals surface area contributed by atoms with Crippen LogP contribution in [-0.2, 0) is 15.6 Å². The number of hydrogen-bond donors (Lipinski definition) is 0. The Kier molecular flexibility index (Phi) is 3.19. The quantitative estimate of drug-likeness (QED) is 0.754. The summed E-state index contributed by atoms with van der Waals surface area (Å²) < 4.78 is 16.6. The third-order valence-electron chi connectivity index (χ3n) is 3.11. The predicted molar refractivity (Wildman–Crippen MR) is 66.4 cm³/mol. The van der Waals surface area contributed by atoms with Crippen LogP contribution in [0.15, 0.2) is 24.3 Å². The van der Waals surface area contributed by atoms with Crippen LogP contribution in [0.3, 0.4) is 0 Å². The Morgan fingerprint density at radius 2 is 1.88 bits per heavy atom. The highest BCUT2D eigenvalue weighted by atomic mass is 32.2. The Labute approximate surface area is 103 Å². The number of methoxy groups -OCH3 is 1. The molecule has 5 heteroatoms. The zero-order chi connectivity index (χ0) is 12.6. The maximum Gasteiger partial charge on any atom is 0.241 e. The van der Waals surface area contributed by atoms with Crippen LogP contribution in [0, 0.1) is 0 Å². The van der Waals surface area contributed by atoms with Crippen molar-refractivity contribution in [1.29, 1.82) is 0 Å². The standard InChI is InChI=1S/C12H15NO3S/c1-13-10(11(12(13)14)17(3)15)8-4-6-9(16-2)7-5-8/h4-7,10-11H,1-3H3/t10-,11+,17?/m1/s1. The zero-order valence-electron chi connectivity index (χ0n) is 10.0. The van der Waals surface area contributed by atoms with Crippen molar-refractivity contribution in [2.75, 3.05) is 20.4 Å². The van der Waals surface area contributed by atoms with Gasteiger partial charge in [0, 0.05) is 24.1 Å². The Morgan fingerprint density at radius 1 is 1.29 bits per heavy atom. The summed E-state index contributed by atoms with van der Waals surface area (Å²) in [7, 11) is 2.21. The molecule has 1 amide bonds. The van der Waals surface area contributed by atoms with Crippen LogP contribution < -0.4 is 4.74 Å². The van der Waals surface area contributed by atoms with E-state index in [9.17, 15) is 9.00 Å². The van der Waals surface area contributed by atoms with Crippen LogP contribution in [-0.4, -0.2) is 40.7 Å². The molecule has 0 aliphatic carbocycles. The number of rotatable bonds is 3. The van der Waals surface area contributed by atoms with Gasteiger partial charge in [-0.05, 0) is 17.7 Å². The van der Waals surface area contributed by atoms with E-state index in [-0.39, 0.29) is 11.9 Å². The van der Waals surface area contributed by atoms with E-state index in [1.165, 1.54) is 0 Å². The molecule has 0 bridgehead atoms. The molecule has 0 N–H and O–H groups in total. The number of ether oxygens (including phenoxy) is 1. The SMILES string of the molecule is COc1ccc([C@@H]2[C@H](S(C)=O)C(=O)N2C)cc1. The van der Waals surface area contributed by atoms with Crippen molar-refractivity contribution in [2.45, 2.75) is 11.3 Å². The third-order valence-corrected chi connectivity index (χ3v) is 4.28. The molecule has 1 fully saturated rings. The number of amides is 1. The highest BCUT2D eigenvalue weighted by Crippen LogP contribution is 2.36. The van der Waals surface area contributed by atoms with E-state index >= 15 is 0 Å². The number of carbonyl (C=O) groups is 1. The van der Waals surface area contributed by atoms with Gasteiger partial charge < -0.3 is 9.64 Å². The topological polar surface area (TPSA) is 46.6 Å². The van der Waals surface area contributed by atoms with Crippen molar-refractivity contribution >= 4 is 16.7 Å². The molecule has 0 aromatic heterocycles. The normalized spacial score (nSPS) is 25.4. The first-order valence-electron chi connectivity index (χ1n) is 5.29. The van der Waals surface area contributed by atoms with Crippen molar-refractivity contribution in [3.63, 3.8) is 0 Å². The lowest BCUT2D eigenvalue weighted by Crippen LogP contribution is -2.58. The van der Waals surface area contributed by atoms with Crippen LogP contribution in [0.25, 0.3) is 0 Å². The lowest BCUT2D eigenvalue weighted by Gasteiger charge is -2.44. The minimum Gasteiger partial charge on any atom is -0.497 e. The highest BCUT2D eigenvalue weighted by Gasteiger charge is 2.48. The Balaban J connectivity index is 2.26. The summed E-state index contributed by atoms with van der Waals surface area (Å²) in [6.45, 7) is 0. The van der Waals surface area contributed by atoms with E-state index in [0.717, 1.165) is 11.3 Å². The van der Waals surface area contributed by atoms with Crippen molar-refractivity contribution in [2.24, 2.45) is 0 Å². The molecule has 1 unspecified atom stereocenters. The second-order valence-electron chi connectivity index (χ2n) is 4.09. The molecule has 0 spiro atoms. The summed E-state index contributed by atoms with van der Waals surface area (Å²) in [5.41, 5.74) is 0.994. The fraction of sp³-hybridized carbons (Fsp3) is 0.417. The third kappa shape index (κ3) is 1.95. The average Bonchev–Trinajstić information content (AvgIpc) is 2.34. The maximum atomic E-state index is 11.6. The van der Waals surface area contributed by atoms with Gasteiger partial charge in [-0.25, -0.2) is 0 Å². The molecule has 1 aliphatic rings. The van der Waals surface area contributed by atoms with Gasteiger partial charge in [-0.1, -0.05) is 12.1 Å². The van der Waals surface area contributed by atoms with Gasteiger partial charge in [0.1, 0.15) is 11.0 Å². The molecule has 92 valence electrons. The largest absolute Gasteiger partial charge is 0.497 e. The van der Waals surface area contributed by atoms with Gasteiger partial charge in [0.2, 0.25) is 5.91 Å². The molecule has 1 heterocycles. The van der Waals surface area contributed by atoms with Crippen LogP contribution in [0.1, 0.15) is 11.6 Å². The molecule has 2 rings (SSSR count). The van der Waals surface area contributed by atoms with Crippen molar-refractivity contribution in [3.05, 3.63) is 29.8 Å². The molecule has 1 saturated heterocycles. The summed E-state index contributed by atoms with van der Waals surface area (Å²) in [5, 5.41) is -0.409. The predicted octanol–water partition coefficient (Wildman–Crippen LogP) is 0.955. The minimum absolute atomic E-state index is 0.0494. The molecular weight excluding hydrogens is 238 g/mol. The molecule has 17 heavy (non-hydrogen) atoms. The number of nitrogens with zero attached hydrogens (tertiary/aromatic N) is 1. The van der Waals surface area contributed by atoms with Gasteiger partial charge in [0.05, 0.1) is 13.2 Å². The number of β-lactam (4-membered cyclic amide) rings is 1. The molecule has 4 nitrogen and oxygen atoms in total. The van der Waals surface area contributed by atoms with E-state index in [0.29, 0.717) is 0 Å². The van der Waals surface area contributed by atoms with E-state index in [1.807, 2.05) is 24.3 Å². The fourth-order valence-electron chi connectivity index (χ4n) is 2.12. The van der Waals surface area contributed by atoms with Crippen molar-refractivity contribution in [3.8, 4) is 5.75 Å². The summed E-state index contributed by atoms with van der Waals surface area (Å²) in [5.74, 6) is 0.725. The van der Waals surface area contributed by atoms with Crippen LogP contribution in [0.5, 0.6) is 5.75 Å². The molecule has 1 aliphatic heterocycles. The van der Waals surface area contributed by atoms with Gasteiger partial charge in [0.25, 0.3) is 0 Å². The summed E-state index contributed by atoms with van der Waals surface area (Å²) in [6, 6.07) is 7.43. The van der Waals surface area contributed by atoms with E-state index < -0.39 is 16.0 Å². The molecule has 0 saturated carbocycles. The highest BCUT2D eigenvalue weighted by molar-refractivity contribution is 7.85. The van der Waals surface area contributed by atoms with Crippen molar-refractivity contribution < 1.29 is 13.7 Å². The van der Waals surface area contributed by atoms with Crippen LogP contribution >= 0.6 is 0 Å². The van der Waals surface area contributed by atoms with Gasteiger partial charge in [0.15, 0.2) is 0 Å². The van der Waals surface area contributed by atoms with E-state index in [2.05, 4.69) is 0 Å². The molecule has 3 atom stereocenters. The smallest absolute Gasteiger partial charge is 0.241 e. The van der Waals surface area contributed by atoms with Gasteiger partial charge >= 0.3 is 0 Å². The van der Waals surface area contributed by atoms with Crippen LogP contribution in [0.2, 0.25) is 0 Å². The molecular formula is C12H15NO3S. The monoisotopic (exact) mass is 253 g/mol. The van der Waals surface area contributed by atoms with E-state index in [4.69, 9.17) is 4.74 Å². The molecule has 1 aromatic carbocycles. The number of hydrogen-bond acceptors (Lipinski definition) is 3. The first-order chi connectivity index (χ1) is 8.06. The number of carbonyl (C=O) groups excluding carboxylic acids is 1. The lowest BCUT2D eigenvalue weighted by molar-refractivity contribution is -0.142. The summed E-state index contributed by atoms with van der Waals surface area (Å²) in [4.78, 5) is 13.3. The second kappa shape index (κ2) is 4.49. The number of likely N-dealkylation sites (tertiary alicyclic amines) is 1. The van der Waals surface area contributed by atoms with Gasteiger partial charge in [-0.3, -0.25) is 9.00 Å². The Bertz CT molecular complexity index is 457. The summed E-state index contributed by atoms with van der Waals surface area (Å²) in [6.07, 6.45) is 1.58. The first kappa shape index (κ1) is 12.1. The van der Waals surface area contributed by atoms with Gasteiger partial charge in [-0.2, -0.15) is 0 Å². The second-order valence-corrected chi connectivity index (χ2v) is 5.59. The Hall–Kier alpha value is -1.36. The van der Waals surface area contributed by atoms with E-state index in [1.54, 1.807) is 25.3 Å². The fourth-order valence-corrected chi connectivity index (χ4v) is 3.27. The number of benzene rings is 1. The Morgan fingerprint density at radius 3 is 2.35 bits per heavy atom. The first-order valence-corrected chi connectivity index (χ1v) is 6.91. The minimum atomic E-state index is -1.13. The summed E-state index contributed by atoms with van der Waals surface area (Å²) >= 11 is 0. The zero-order valence-corrected chi connectivity index (χ0v) is 10.9. The van der Waals surface area contributed by atoms with Crippen molar-refractivity contribution in [1.82, 2.24) is 4.90 Å². The molecule has 1 aromatic rings. The van der Waals surface area contributed by atoms with Gasteiger partial charge in [-0.15, -0.1) is 0 Å². The van der Waals surface area contributed by atoms with Crippen LogP contribution in [0.4, 0.5) is 0 Å². The molecule has 0 radical (unpaired) electrons.